The molecule has 0 aliphatic carbocycles. The van der Waals surface area contributed by atoms with Crippen LogP contribution < -0.4 is 0 Å². The van der Waals surface area contributed by atoms with Gasteiger partial charge < -0.3 is 4.74 Å². The Morgan fingerprint density at radius 1 is 1.31 bits per heavy atom. The van der Waals surface area contributed by atoms with E-state index in [1.165, 1.54) is 6.08 Å². The molecule has 0 spiro atoms. The van der Waals surface area contributed by atoms with Crippen LogP contribution in [-0.2, 0) is 9.53 Å². The Bertz CT molecular complexity index is 251. The first kappa shape index (κ1) is 14.7. The maximum absolute atomic E-state index is 10.9. The molecule has 0 fully saturated rings. The van der Waals surface area contributed by atoms with Gasteiger partial charge in [0, 0.05) is 6.08 Å². The van der Waals surface area contributed by atoms with E-state index in [-0.39, 0.29) is 5.97 Å². The van der Waals surface area contributed by atoms with E-state index in [0.29, 0.717) is 6.61 Å². The van der Waals surface area contributed by atoms with Crippen molar-refractivity contribution < 1.29 is 9.53 Å². The highest BCUT2D eigenvalue weighted by molar-refractivity contribution is 5.81. The predicted octanol–water partition coefficient (Wildman–Crippen LogP) is 3.80. The van der Waals surface area contributed by atoms with Crippen molar-refractivity contribution in [2.75, 3.05) is 6.61 Å². The molecule has 0 amide bonds. The zero-order chi connectivity index (χ0) is 12.2. The lowest BCUT2D eigenvalue weighted by Gasteiger charge is -1.99. The van der Waals surface area contributed by atoms with Gasteiger partial charge in [0.2, 0.25) is 0 Å². The highest BCUT2D eigenvalue weighted by Crippen LogP contribution is 2.09. The molecule has 0 aromatic carbocycles. The van der Waals surface area contributed by atoms with Crippen molar-refractivity contribution in [1.29, 1.82) is 0 Å². The van der Waals surface area contributed by atoms with E-state index in [1.807, 2.05) is 6.08 Å². The molecule has 0 unspecified atom stereocenters. The second-order valence-electron chi connectivity index (χ2n) is 3.62. The second kappa shape index (κ2) is 10.2. The summed E-state index contributed by atoms with van der Waals surface area (Å²) in [5, 5.41) is 0. The van der Waals surface area contributed by atoms with Gasteiger partial charge in [-0.25, -0.2) is 4.79 Å². The number of carbonyl (C=O) groups is 1. The molecule has 0 aromatic rings. The number of ether oxygens (including phenoxy) is 1. The Morgan fingerprint density at radius 3 is 2.69 bits per heavy atom. The summed E-state index contributed by atoms with van der Waals surface area (Å²) in [6.45, 7) is 9.76. The maximum Gasteiger partial charge on any atom is 0.330 e. The summed E-state index contributed by atoms with van der Waals surface area (Å²) in [6, 6.07) is 0. The molecule has 0 heterocycles. The van der Waals surface area contributed by atoms with Gasteiger partial charge in [-0.1, -0.05) is 37.3 Å². The first-order chi connectivity index (χ1) is 7.70. The number of allylic oxidation sites excluding steroid dienone is 3. The molecule has 90 valence electrons. The molecule has 0 rings (SSSR count). The van der Waals surface area contributed by atoms with Crippen LogP contribution in [0.3, 0.4) is 0 Å². The number of hydrogen-bond donors (Lipinski definition) is 0. The van der Waals surface area contributed by atoms with Gasteiger partial charge in [0.15, 0.2) is 0 Å². The van der Waals surface area contributed by atoms with Gasteiger partial charge in [-0.15, -0.1) is 0 Å². The first-order valence-electron chi connectivity index (χ1n) is 5.84. The van der Waals surface area contributed by atoms with Crippen LogP contribution in [0.2, 0.25) is 0 Å². The Kier molecular flexibility index (Phi) is 9.38. The van der Waals surface area contributed by atoms with Crippen LogP contribution in [0, 0.1) is 0 Å². The quantitative estimate of drug-likeness (QED) is 0.257. The zero-order valence-electron chi connectivity index (χ0n) is 10.2. The van der Waals surface area contributed by atoms with Crippen LogP contribution in [0.25, 0.3) is 0 Å². The number of unbranched alkanes of at least 4 members (excludes halogenated alkanes) is 3. The van der Waals surface area contributed by atoms with Gasteiger partial charge >= 0.3 is 5.97 Å². The summed E-state index contributed by atoms with van der Waals surface area (Å²) >= 11 is 0. The third-order valence-corrected chi connectivity index (χ3v) is 2.20. The molecule has 0 bridgehead atoms. The average Bonchev–Trinajstić information content (AvgIpc) is 2.27. The first-order valence-corrected chi connectivity index (χ1v) is 5.84. The van der Waals surface area contributed by atoms with Crippen molar-refractivity contribution in [3.8, 4) is 0 Å². The van der Waals surface area contributed by atoms with Crippen LogP contribution in [0.15, 0.2) is 37.0 Å². The molecular weight excluding hydrogens is 200 g/mol. The Labute approximate surface area is 98.7 Å². The molecule has 0 aliphatic rings. The lowest BCUT2D eigenvalue weighted by molar-refractivity contribution is -0.137. The molecule has 0 radical (unpaired) electrons. The third kappa shape index (κ3) is 9.25. The molecule has 2 nitrogen and oxygen atoms in total. The number of rotatable bonds is 9. The molecule has 16 heavy (non-hydrogen) atoms. The van der Waals surface area contributed by atoms with E-state index < -0.39 is 0 Å². The Morgan fingerprint density at radius 2 is 2.06 bits per heavy atom. The van der Waals surface area contributed by atoms with Gasteiger partial charge in [0.05, 0.1) is 6.61 Å². The van der Waals surface area contributed by atoms with E-state index in [2.05, 4.69) is 13.2 Å². The zero-order valence-corrected chi connectivity index (χ0v) is 10.2. The minimum atomic E-state index is -0.248. The third-order valence-electron chi connectivity index (χ3n) is 2.20. The summed E-state index contributed by atoms with van der Waals surface area (Å²) in [4.78, 5) is 10.9. The summed E-state index contributed by atoms with van der Waals surface area (Å²) in [5.74, 6) is -0.248. The molecule has 0 aliphatic heterocycles. The number of hydrogen-bond acceptors (Lipinski definition) is 2. The van der Waals surface area contributed by atoms with E-state index in [0.717, 1.165) is 37.7 Å². The van der Waals surface area contributed by atoms with E-state index in [9.17, 15) is 4.79 Å². The smallest absolute Gasteiger partial charge is 0.330 e. The van der Waals surface area contributed by atoms with E-state index in [4.69, 9.17) is 4.74 Å². The highest BCUT2D eigenvalue weighted by atomic mass is 16.5. The number of carbonyl (C=O) groups excluding carboxylic acids is 1. The monoisotopic (exact) mass is 222 g/mol. The fraction of sp³-hybridized carbons (Fsp3) is 0.500. The summed E-state index contributed by atoms with van der Waals surface area (Å²) < 4.78 is 4.77. The summed E-state index contributed by atoms with van der Waals surface area (Å²) in [5.41, 5.74) is 1.10. The number of esters is 1. The second-order valence-corrected chi connectivity index (χ2v) is 3.62. The molecule has 0 saturated heterocycles. The van der Waals surface area contributed by atoms with E-state index >= 15 is 0 Å². The fourth-order valence-electron chi connectivity index (χ4n) is 1.26. The maximum atomic E-state index is 10.9. The Hall–Kier alpha value is -1.31. The molecule has 0 aromatic heterocycles. The largest absolute Gasteiger partial charge is 0.463 e. The minimum Gasteiger partial charge on any atom is -0.463 e. The predicted molar refractivity (Wildman–Crippen MR) is 68.2 cm³/mol. The van der Waals surface area contributed by atoms with Crippen LogP contribution in [0.4, 0.5) is 0 Å². The Balaban J connectivity index is 3.36. The molecule has 0 N–H and O–H groups in total. The lowest BCUT2D eigenvalue weighted by atomic mass is 10.1. The van der Waals surface area contributed by atoms with Crippen molar-refractivity contribution in [1.82, 2.24) is 0 Å². The fourth-order valence-corrected chi connectivity index (χ4v) is 1.26. The SMILES string of the molecule is C=CC(=C)CCCCC/C=C/C(=O)OCC. The molecule has 0 saturated carbocycles. The standard InChI is InChI=1S/C14H22O2/c1-4-13(3)11-9-7-6-8-10-12-14(15)16-5-2/h4,10,12H,1,3,5-9,11H2,2H3/b12-10+. The van der Waals surface area contributed by atoms with Gasteiger partial charge in [-0.05, 0) is 32.6 Å². The van der Waals surface area contributed by atoms with Gasteiger partial charge in [-0.2, -0.15) is 0 Å². The lowest BCUT2D eigenvalue weighted by Crippen LogP contribution is -1.98. The van der Waals surface area contributed by atoms with E-state index in [1.54, 1.807) is 13.0 Å². The van der Waals surface area contributed by atoms with Crippen LogP contribution in [0.5, 0.6) is 0 Å². The van der Waals surface area contributed by atoms with Gasteiger partial charge in [-0.3, -0.25) is 0 Å². The van der Waals surface area contributed by atoms with Gasteiger partial charge in [0.1, 0.15) is 0 Å². The molecule has 2 heteroatoms. The normalized spacial score (nSPS) is 10.3. The summed E-state index contributed by atoms with van der Waals surface area (Å²) in [7, 11) is 0. The van der Waals surface area contributed by atoms with Crippen molar-refractivity contribution in [3.63, 3.8) is 0 Å². The molecule has 0 atom stereocenters. The van der Waals surface area contributed by atoms with Crippen LogP contribution >= 0.6 is 0 Å². The highest BCUT2D eigenvalue weighted by Gasteiger charge is 1.93. The van der Waals surface area contributed by atoms with Crippen molar-refractivity contribution in [2.24, 2.45) is 0 Å². The van der Waals surface area contributed by atoms with Crippen molar-refractivity contribution in [3.05, 3.63) is 37.0 Å². The average molecular weight is 222 g/mol. The van der Waals surface area contributed by atoms with Crippen LogP contribution in [0.1, 0.15) is 39.0 Å². The van der Waals surface area contributed by atoms with Crippen molar-refractivity contribution in [2.45, 2.75) is 39.0 Å². The topological polar surface area (TPSA) is 26.3 Å². The van der Waals surface area contributed by atoms with Crippen LogP contribution in [-0.4, -0.2) is 12.6 Å². The van der Waals surface area contributed by atoms with Crippen molar-refractivity contribution >= 4 is 5.97 Å². The summed E-state index contributed by atoms with van der Waals surface area (Å²) in [6.07, 6.45) is 10.5. The molecular formula is C14H22O2. The van der Waals surface area contributed by atoms with Gasteiger partial charge in [0.25, 0.3) is 0 Å². The minimum absolute atomic E-state index is 0.248.